The van der Waals surface area contributed by atoms with E-state index in [4.69, 9.17) is 4.42 Å². The zero-order valence-electron chi connectivity index (χ0n) is 20.2. The number of benzene rings is 4. The number of imide groups is 1. The Morgan fingerprint density at radius 1 is 0.692 bits per heavy atom. The summed E-state index contributed by atoms with van der Waals surface area (Å²) in [4.78, 5) is 55.2. The number of anilines is 1. The summed E-state index contributed by atoms with van der Waals surface area (Å²) in [5, 5.41) is 6.69. The lowest BCUT2D eigenvalue weighted by Crippen LogP contribution is -2.31. The maximum absolute atomic E-state index is 13.9. The molecule has 3 heterocycles. The minimum Gasteiger partial charge on any atom is -0.422 e. The number of rotatable bonds is 4. The first-order chi connectivity index (χ1) is 19.0. The van der Waals surface area contributed by atoms with E-state index in [-0.39, 0.29) is 22.5 Å². The number of aromatic nitrogens is 2. The summed E-state index contributed by atoms with van der Waals surface area (Å²) < 4.78 is 6.80. The summed E-state index contributed by atoms with van der Waals surface area (Å²) in [5.41, 5.74) is -0.461. The number of amides is 2. The topological polar surface area (TPSA) is 102 Å². The Bertz CT molecular complexity index is 2040. The summed E-state index contributed by atoms with van der Waals surface area (Å²) in [6, 6.07) is 29.7. The molecular formula is C31H17N3O5. The lowest BCUT2D eigenvalue weighted by molar-refractivity contribution is 0.0915. The lowest BCUT2D eigenvalue weighted by Gasteiger charge is -2.15. The van der Waals surface area contributed by atoms with Crippen LogP contribution in [-0.2, 0) is 0 Å². The molecule has 0 radical (unpaired) electrons. The monoisotopic (exact) mass is 511 g/mol. The Labute approximate surface area is 220 Å². The number of fused-ring (bicyclic) bond motifs is 4. The smallest absolute Gasteiger partial charge is 0.347 e. The molecule has 2 amide bonds. The minimum atomic E-state index is -0.859. The van der Waals surface area contributed by atoms with Crippen LogP contribution in [0.25, 0.3) is 27.4 Å². The average molecular weight is 511 g/mol. The molecular weight excluding hydrogens is 494 g/mol. The highest BCUT2D eigenvalue weighted by atomic mass is 16.4. The van der Waals surface area contributed by atoms with Crippen LogP contribution in [0.4, 0.5) is 5.69 Å². The fraction of sp³-hybridized carbons (Fsp3) is 0. The van der Waals surface area contributed by atoms with Gasteiger partial charge in [-0.2, -0.15) is 5.10 Å². The molecule has 0 bridgehead atoms. The summed E-state index contributed by atoms with van der Waals surface area (Å²) in [7, 11) is 0. The molecule has 0 N–H and O–H groups in total. The number of carbonyl (C=O) groups excluding carboxylic acids is 3. The first-order valence-electron chi connectivity index (χ1n) is 12.2. The van der Waals surface area contributed by atoms with Crippen LogP contribution in [-0.4, -0.2) is 27.4 Å². The van der Waals surface area contributed by atoms with E-state index in [0.29, 0.717) is 22.3 Å². The van der Waals surface area contributed by atoms with Crippen molar-refractivity contribution in [2.24, 2.45) is 0 Å². The number of hydrogen-bond acceptors (Lipinski definition) is 6. The molecule has 8 nitrogen and oxygen atoms in total. The summed E-state index contributed by atoms with van der Waals surface area (Å²) >= 11 is 0. The van der Waals surface area contributed by atoms with Crippen molar-refractivity contribution in [2.45, 2.75) is 0 Å². The molecule has 0 fully saturated rings. The third kappa shape index (κ3) is 3.35. The Hall–Kier alpha value is -5.63. The maximum Gasteiger partial charge on any atom is 0.347 e. The average Bonchev–Trinajstić information content (AvgIpc) is 3.49. The van der Waals surface area contributed by atoms with E-state index < -0.39 is 23.2 Å². The summed E-state index contributed by atoms with van der Waals surface area (Å²) in [5.74, 6) is -2.11. The molecule has 0 atom stereocenters. The number of nitrogens with zero attached hydrogens (tertiary/aromatic N) is 3. The molecule has 0 saturated carbocycles. The van der Waals surface area contributed by atoms with E-state index in [1.165, 1.54) is 10.7 Å². The highest BCUT2D eigenvalue weighted by Gasteiger charge is 2.45. The van der Waals surface area contributed by atoms with Crippen molar-refractivity contribution in [3.8, 4) is 5.69 Å². The quantitative estimate of drug-likeness (QED) is 0.140. The molecule has 1 aliphatic rings. The standard InChI is InChI=1S/C31H17N3O5/c35-28(23-17-22-21-14-8-7-9-18(21)15-16-24(22)39-31(23)38)26-25-27(34(32-26)20-12-5-2-6-13-20)30(37)33(29(25)36)19-10-3-1-4-11-19/h1-17H. The number of para-hydroxylation sites is 2. The van der Waals surface area contributed by atoms with Crippen LogP contribution in [0.5, 0.6) is 0 Å². The second kappa shape index (κ2) is 8.46. The van der Waals surface area contributed by atoms with Crippen molar-refractivity contribution < 1.29 is 18.8 Å². The van der Waals surface area contributed by atoms with Gasteiger partial charge in [0.1, 0.15) is 28.1 Å². The van der Waals surface area contributed by atoms with Crippen molar-refractivity contribution in [3.63, 3.8) is 0 Å². The van der Waals surface area contributed by atoms with Gasteiger partial charge in [-0.1, -0.05) is 66.7 Å². The zero-order chi connectivity index (χ0) is 26.7. The third-order valence-corrected chi connectivity index (χ3v) is 6.82. The van der Waals surface area contributed by atoms with Gasteiger partial charge >= 0.3 is 5.63 Å². The number of ketones is 1. The SMILES string of the molecule is O=C(c1nn(-c2ccccc2)c2c1C(=O)N(c1ccccc1)C2=O)c1cc2c(ccc3ccccc32)oc1=O. The zero-order valence-corrected chi connectivity index (χ0v) is 20.2. The fourth-order valence-corrected chi connectivity index (χ4v) is 5.01. The molecule has 0 saturated heterocycles. The van der Waals surface area contributed by atoms with E-state index in [1.807, 2.05) is 30.3 Å². The van der Waals surface area contributed by atoms with Gasteiger partial charge in [-0.05, 0) is 47.2 Å². The Kier molecular flexibility index (Phi) is 4.89. The molecule has 4 aromatic carbocycles. The molecule has 186 valence electrons. The van der Waals surface area contributed by atoms with Crippen molar-refractivity contribution in [1.29, 1.82) is 0 Å². The highest BCUT2D eigenvalue weighted by molar-refractivity contribution is 6.36. The van der Waals surface area contributed by atoms with Gasteiger partial charge in [-0.25, -0.2) is 14.4 Å². The Morgan fingerprint density at radius 3 is 2.10 bits per heavy atom. The van der Waals surface area contributed by atoms with E-state index in [2.05, 4.69) is 5.10 Å². The van der Waals surface area contributed by atoms with Gasteiger partial charge in [0.25, 0.3) is 11.8 Å². The van der Waals surface area contributed by atoms with Gasteiger partial charge in [0.2, 0.25) is 5.78 Å². The fourth-order valence-electron chi connectivity index (χ4n) is 5.01. The van der Waals surface area contributed by atoms with Crippen LogP contribution >= 0.6 is 0 Å². The molecule has 2 aromatic heterocycles. The van der Waals surface area contributed by atoms with E-state index >= 15 is 0 Å². The van der Waals surface area contributed by atoms with Crippen molar-refractivity contribution in [3.05, 3.63) is 136 Å². The van der Waals surface area contributed by atoms with Crippen molar-refractivity contribution >= 4 is 45.0 Å². The van der Waals surface area contributed by atoms with Gasteiger partial charge in [-0.15, -0.1) is 0 Å². The molecule has 7 rings (SSSR count). The second-order valence-corrected chi connectivity index (χ2v) is 9.08. The predicted molar refractivity (Wildman–Crippen MR) is 145 cm³/mol. The lowest BCUT2D eigenvalue weighted by atomic mass is 10.0. The van der Waals surface area contributed by atoms with Gasteiger partial charge < -0.3 is 4.42 Å². The number of carbonyl (C=O) groups is 3. The third-order valence-electron chi connectivity index (χ3n) is 6.82. The first kappa shape index (κ1) is 22.6. The van der Waals surface area contributed by atoms with Crippen LogP contribution in [0.3, 0.4) is 0 Å². The van der Waals surface area contributed by atoms with Gasteiger partial charge in [0.05, 0.1) is 11.4 Å². The van der Waals surface area contributed by atoms with Crippen LogP contribution in [0.15, 0.2) is 112 Å². The summed E-state index contributed by atoms with van der Waals surface area (Å²) in [6.07, 6.45) is 0. The van der Waals surface area contributed by atoms with Gasteiger partial charge in [0.15, 0.2) is 0 Å². The number of hydrogen-bond donors (Lipinski definition) is 0. The molecule has 6 aromatic rings. The Balaban J connectivity index is 1.45. The molecule has 8 heteroatoms. The largest absolute Gasteiger partial charge is 0.422 e. The second-order valence-electron chi connectivity index (χ2n) is 9.08. The highest BCUT2D eigenvalue weighted by Crippen LogP contribution is 2.33. The molecule has 1 aliphatic heterocycles. The predicted octanol–water partition coefficient (Wildman–Crippen LogP) is 5.16. The van der Waals surface area contributed by atoms with Crippen LogP contribution in [0, 0.1) is 0 Å². The van der Waals surface area contributed by atoms with Crippen LogP contribution in [0.2, 0.25) is 0 Å². The van der Waals surface area contributed by atoms with Crippen LogP contribution in [0.1, 0.15) is 36.9 Å². The molecule has 0 spiro atoms. The molecule has 39 heavy (non-hydrogen) atoms. The first-order valence-corrected chi connectivity index (χ1v) is 12.2. The van der Waals surface area contributed by atoms with Gasteiger partial charge in [-0.3, -0.25) is 14.4 Å². The van der Waals surface area contributed by atoms with Crippen molar-refractivity contribution in [2.75, 3.05) is 4.90 Å². The van der Waals surface area contributed by atoms with Gasteiger partial charge in [0, 0.05) is 5.39 Å². The van der Waals surface area contributed by atoms with Crippen molar-refractivity contribution in [1.82, 2.24) is 9.78 Å². The molecule has 0 aliphatic carbocycles. The van der Waals surface area contributed by atoms with E-state index in [0.717, 1.165) is 15.7 Å². The minimum absolute atomic E-state index is 0.0472. The van der Waals surface area contributed by atoms with Crippen LogP contribution < -0.4 is 10.5 Å². The maximum atomic E-state index is 13.9. The molecule has 0 unspecified atom stereocenters. The normalized spacial score (nSPS) is 12.9. The van der Waals surface area contributed by atoms with E-state index in [1.54, 1.807) is 66.7 Å². The Morgan fingerprint density at radius 2 is 1.36 bits per heavy atom. The van der Waals surface area contributed by atoms with E-state index in [9.17, 15) is 19.2 Å². The summed E-state index contributed by atoms with van der Waals surface area (Å²) in [6.45, 7) is 0.